The molecule has 45 heavy (non-hydrogen) atoms. The zero-order chi connectivity index (χ0) is 34.3. The molecule has 3 aromatic heterocycles. The van der Waals surface area contributed by atoms with Crippen LogP contribution in [0.3, 0.4) is 0 Å². The van der Waals surface area contributed by atoms with Gasteiger partial charge in [0.25, 0.3) is 5.91 Å². The van der Waals surface area contributed by atoms with Gasteiger partial charge in [0.15, 0.2) is 5.13 Å². The number of nitrogens with two attached hydrogens (primary N) is 1. The Hall–Kier alpha value is -3.39. The molecule has 0 atom stereocenters. The Labute approximate surface area is 275 Å². The highest BCUT2D eigenvalue weighted by atomic mass is 32.1. The third-order valence-electron chi connectivity index (χ3n) is 5.85. The number of amides is 1. The van der Waals surface area contributed by atoms with Gasteiger partial charge in [-0.3, -0.25) is 4.79 Å². The van der Waals surface area contributed by atoms with Gasteiger partial charge < -0.3 is 20.9 Å². The molecule has 0 aromatic carbocycles. The number of allylic oxidation sites excluding steroid dienone is 1. The second kappa shape index (κ2) is 19.2. The van der Waals surface area contributed by atoms with Crippen molar-refractivity contribution >= 4 is 51.7 Å². The summed E-state index contributed by atoms with van der Waals surface area (Å²) in [6.07, 6.45) is -0.353. The maximum atomic E-state index is 13.0. The smallest absolute Gasteiger partial charge is 0.401 e. The Morgan fingerprint density at radius 3 is 2.11 bits per heavy atom. The van der Waals surface area contributed by atoms with Gasteiger partial charge in [-0.15, -0.1) is 24.0 Å². The van der Waals surface area contributed by atoms with Crippen LogP contribution in [0.25, 0.3) is 4.91 Å². The molecule has 0 aliphatic heterocycles. The fourth-order valence-electron chi connectivity index (χ4n) is 3.22. The Bertz CT molecular complexity index is 1350. The normalized spacial score (nSPS) is 11.5. The number of hydrogen-bond donors (Lipinski definition) is 3. The summed E-state index contributed by atoms with van der Waals surface area (Å²) in [4.78, 5) is 33.4. The molecule has 0 spiro atoms. The summed E-state index contributed by atoms with van der Waals surface area (Å²) < 4.78 is 38.3. The van der Waals surface area contributed by atoms with Crippen LogP contribution in [0.1, 0.15) is 88.6 Å². The predicted molar refractivity (Wildman–Crippen MR) is 183 cm³/mol. The van der Waals surface area contributed by atoms with E-state index >= 15 is 0 Å². The first-order valence-corrected chi connectivity index (χ1v) is 16.1. The second-order valence-corrected chi connectivity index (χ2v) is 12.1. The SMILES string of the molecule is CC(C)C.CCCC.CCN(CCN(C)C(=O)c1ccc(Nc2nc(/C(S)=C(\C)N)cs2)nc1C)c1ncc(C(F)(F)F)cn1. The first kappa shape index (κ1) is 39.6. The number of thiazole rings is 1. The Morgan fingerprint density at radius 1 is 1.07 bits per heavy atom. The average molecular weight is 669 g/mol. The largest absolute Gasteiger partial charge is 0.419 e. The zero-order valence-corrected chi connectivity index (χ0v) is 29.4. The van der Waals surface area contributed by atoms with Crippen molar-refractivity contribution in [1.82, 2.24) is 24.8 Å². The van der Waals surface area contributed by atoms with Crippen molar-refractivity contribution < 1.29 is 18.0 Å². The predicted octanol–water partition coefficient (Wildman–Crippen LogP) is 8.04. The van der Waals surface area contributed by atoms with Crippen LogP contribution in [0.5, 0.6) is 0 Å². The van der Waals surface area contributed by atoms with E-state index in [-0.39, 0.29) is 11.9 Å². The molecule has 9 nitrogen and oxygen atoms in total. The minimum Gasteiger partial charge on any atom is -0.401 e. The summed E-state index contributed by atoms with van der Waals surface area (Å²) in [7, 11) is 1.65. The van der Waals surface area contributed by atoms with Crippen LogP contribution in [-0.2, 0) is 6.18 Å². The lowest BCUT2D eigenvalue weighted by Crippen LogP contribution is -2.37. The number of rotatable bonds is 10. The summed E-state index contributed by atoms with van der Waals surface area (Å²) >= 11 is 5.73. The molecular weight excluding hydrogens is 622 g/mol. The van der Waals surface area contributed by atoms with Gasteiger partial charge in [-0.1, -0.05) is 47.5 Å². The maximum absolute atomic E-state index is 13.0. The van der Waals surface area contributed by atoms with Gasteiger partial charge in [0.1, 0.15) is 5.82 Å². The van der Waals surface area contributed by atoms with Crippen molar-refractivity contribution in [3.63, 3.8) is 0 Å². The number of unbranched alkanes of at least 4 members (excludes halogenated alkanes) is 1. The summed E-state index contributed by atoms with van der Waals surface area (Å²) in [5.41, 5.74) is 7.04. The standard InChI is InChI=1S/C23H27F3N8OS2.2C4H10/c1-5-34(21-28-10-15(11-29-21)23(24,25)26)9-8-33(4)20(35)16-6-7-18(30-14(16)3)32-22-31-17(12-37-22)19(36)13(2)27;1-4(2)3;1-3-4-2/h6-7,10-12,36H,5,8-9,27H2,1-4H3,(H,30,31,32);4H,1-3H3;3-4H2,1-2H3/b19-13-;;. The molecule has 0 radical (unpaired) electrons. The highest BCUT2D eigenvalue weighted by molar-refractivity contribution is 7.90. The number of halogens is 3. The molecule has 0 aliphatic carbocycles. The minimum absolute atomic E-state index is 0.164. The molecule has 0 saturated heterocycles. The van der Waals surface area contributed by atoms with E-state index in [9.17, 15) is 18.0 Å². The zero-order valence-electron chi connectivity index (χ0n) is 27.7. The molecule has 1 amide bonds. The number of hydrogen-bond acceptors (Lipinski definition) is 10. The van der Waals surface area contributed by atoms with E-state index in [4.69, 9.17) is 5.73 Å². The van der Waals surface area contributed by atoms with Crippen LogP contribution in [0, 0.1) is 12.8 Å². The van der Waals surface area contributed by atoms with Crippen molar-refractivity contribution in [2.24, 2.45) is 11.7 Å². The lowest BCUT2D eigenvalue weighted by atomic mass is 10.2. The number of nitrogens with one attached hydrogen (secondary N) is 1. The molecule has 250 valence electrons. The van der Waals surface area contributed by atoms with Gasteiger partial charge in [0.2, 0.25) is 5.95 Å². The van der Waals surface area contributed by atoms with E-state index in [1.54, 1.807) is 37.9 Å². The monoisotopic (exact) mass is 668 g/mol. The van der Waals surface area contributed by atoms with Crippen molar-refractivity contribution in [3.05, 3.63) is 58.1 Å². The molecule has 0 bridgehead atoms. The van der Waals surface area contributed by atoms with E-state index in [0.717, 1.165) is 18.3 Å². The maximum Gasteiger partial charge on any atom is 0.419 e. The van der Waals surface area contributed by atoms with E-state index < -0.39 is 11.7 Å². The van der Waals surface area contributed by atoms with Crippen LogP contribution in [0.4, 0.5) is 30.1 Å². The van der Waals surface area contributed by atoms with Gasteiger partial charge in [-0.25, -0.2) is 19.9 Å². The van der Waals surface area contributed by atoms with E-state index in [1.807, 2.05) is 12.3 Å². The number of aryl methyl sites for hydroxylation is 1. The highest BCUT2D eigenvalue weighted by Crippen LogP contribution is 2.29. The number of pyridine rings is 1. The number of thiol groups is 1. The Kier molecular flexibility index (Phi) is 16.9. The van der Waals surface area contributed by atoms with E-state index in [0.29, 0.717) is 58.1 Å². The number of aromatic nitrogens is 4. The number of carbonyl (C=O) groups excluding carboxylic acids is 1. The van der Waals surface area contributed by atoms with Gasteiger partial charge in [0, 0.05) is 55.1 Å². The lowest BCUT2D eigenvalue weighted by Gasteiger charge is -2.25. The summed E-state index contributed by atoms with van der Waals surface area (Å²) in [6, 6.07) is 3.37. The molecule has 0 saturated carbocycles. The topological polar surface area (TPSA) is 113 Å². The van der Waals surface area contributed by atoms with Gasteiger partial charge in [0.05, 0.1) is 22.5 Å². The van der Waals surface area contributed by atoms with Crippen LogP contribution in [-0.4, -0.2) is 57.4 Å². The van der Waals surface area contributed by atoms with Gasteiger partial charge in [-0.05, 0) is 38.8 Å². The molecule has 0 unspecified atom stereocenters. The number of nitrogens with zero attached hydrogens (tertiary/aromatic N) is 6. The fraction of sp³-hybridized carbons (Fsp3) is 0.516. The van der Waals surface area contributed by atoms with Crippen LogP contribution < -0.4 is 16.0 Å². The molecule has 0 aliphatic rings. The number of carbonyl (C=O) groups is 1. The van der Waals surface area contributed by atoms with Crippen molar-refractivity contribution in [3.8, 4) is 0 Å². The van der Waals surface area contributed by atoms with E-state index in [1.165, 1.54) is 29.1 Å². The van der Waals surface area contributed by atoms with E-state index in [2.05, 4.69) is 72.5 Å². The molecule has 3 aromatic rings. The first-order chi connectivity index (χ1) is 21.0. The Balaban J connectivity index is 0.00000113. The molecule has 3 heterocycles. The molecular formula is C31H47F3N8OS2. The molecule has 14 heteroatoms. The lowest BCUT2D eigenvalue weighted by molar-refractivity contribution is -0.138. The number of likely N-dealkylation sites (N-methyl/N-ethyl adjacent to an activating group) is 2. The first-order valence-electron chi connectivity index (χ1n) is 14.8. The molecule has 3 rings (SSSR count). The second-order valence-electron chi connectivity index (χ2n) is 10.8. The van der Waals surface area contributed by atoms with Crippen LogP contribution in [0.2, 0.25) is 0 Å². The fourth-order valence-corrected chi connectivity index (χ4v) is 4.13. The van der Waals surface area contributed by atoms with Crippen molar-refractivity contribution in [2.75, 3.05) is 36.9 Å². The quantitative estimate of drug-likeness (QED) is 0.186. The number of alkyl halides is 3. The number of anilines is 3. The summed E-state index contributed by atoms with van der Waals surface area (Å²) in [5, 5.41) is 5.55. The molecule has 0 fully saturated rings. The summed E-state index contributed by atoms with van der Waals surface area (Å²) in [6.45, 7) is 17.3. The van der Waals surface area contributed by atoms with Crippen molar-refractivity contribution in [1.29, 1.82) is 0 Å². The van der Waals surface area contributed by atoms with Gasteiger partial charge >= 0.3 is 6.18 Å². The summed E-state index contributed by atoms with van der Waals surface area (Å²) in [5.74, 6) is 1.29. The van der Waals surface area contributed by atoms with Gasteiger partial charge in [-0.2, -0.15) is 13.2 Å². The third-order valence-corrected chi connectivity index (χ3v) is 7.19. The minimum atomic E-state index is -4.50. The average Bonchev–Trinajstić information content (AvgIpc) is 3.44. The molecule has 3 N–H and O–H groups in total. The van der Waals surface area contributed by atoms with Crippen LogP contribution >= 0.6 is 24.0 Å². The highest BCUT2D eigenvalue weighted by Gasteiger charge is 2.31. The Morgan fingerprint density at radius 2 is 1.64 bits per heavy atom. The van der Waals surface area contributed by atoms with Crippen molar-refractivity contribution in [2.45, 2.75) is 74.4 Å². The van der Waals surface area contributed by atoms with Crippen LogP contribution in [0.15, 0.2) is 35.6 Å². The third kappa shape index (κ3) is 13.6.